The number of phenolic OH excluding ortho intramolecular Hbond substituents is 1. The second-order valence-electron chi connectivity index (χ2n) is 6.94. The van der Waals surface area contributed by atoms with Gasteiger partial charge in [-0.1, -0.05) is 26.0 Å². The number of phenols is 1. The van der Waals surface area contributed by atoms with Gasteiger partial charge in [-0.3, -0.25) is 0 Å². The molecule has 0 saturated carbocycles. The van der Waals surface area contributed by atoms with E-state index in [1.807, 2.05) is 26.0 Å². The fourth-order valence-electron chi connectivity index (χ4n) is 3.25. The van der Waals surface area contributed by atoms with E-state index in [9.17, 15) is 9.90 Å². The van der Waals surface area contributed by atoms with Gasteiger partial charge in [-0.05, 0) is 66.1 Å². The number of hydrogen-bond donors (Lipinski definition) is 1. The molecule has 0 aromatic heterocycles. The van der Waals surface area contributed by atoms with Crippen molar-refractivity contribution < 1.29 is 24.1 Å². The van der Waals surface area contributed by atoms with E-state index in [2.05, 4.69) is 19.9 Å². The van der Waals surface area contributed by atoms with E-state index >= 15 is 0 Å². The van der Waals surface area contributed by atoms with Crippen LogP contribution in [-0.2, 0) is 15.9 Å². The molecule has 0 aliphatic rings. The van der Waals surface area contributed by atoms with Crippen molar-refractivity contribution in [1.29, 1.82) is 0 Å². The van der Waals surface area contributed by atoms with Crippen LogP contribution in [-0.4, -0.2) is 32.1 Å². The molecular weight excluding hydrogens is 344 g/mol. The monoisotopic (exact) mass is 372 g/mol. The minimum Gasteiger partial charge on any atom is -0.507 e. The van der Waals surface area contributed by atoms with Gasteiger partial charge in [0.15, 0.2) is 6.79 Å². The molecular formula is C22H28O5. The van der Waals surface area contributed by atoms with Crippen LogP contribution >= 0.6 is 0 Å². The van der Waals surface area contributed by atoms with E-state index in [4.69, 9.17) is 14.2 Å². The third-order valence-electron chi connectivity index (χ3n) is 4.71. The number of esters is 1. The molecule has 5 heteroatoms. The molecule has 0 spiro atoms. The number of benzene rings is 2. The number of methoxy groups -OCH3 is 2. The van der Waals surface area contributed by atoms with Crippen LogP contribution in [0.1, 0.15) is 57.9 Å². The number of hydrogen-bond acceptors (Lipinski definition) is 5. The van der Waals surface area contributed by atoms with Gasteiger partial charge < -0.3 is 19.3 Å². The minimum absolute atomic E-state index is 0.0493. The Morgan fingerprint density at radius 3 is 2.44 bits per heavy atom. The van der Waals surface area contributed by atoms with E-state index in [1.54, 1.807) is 13.2 Å². The van der Waals surface area contributed by atoms with E-state index in [0.717, 1.165) is 33.6 Å². The van der Waals surface area contributed by atoms with Crippen molar-refractivity contribution in [2.24, 2.45) is 0 Å². The maximum absolute atomic E-state index is 12.0. The molecule has 0 fully saturated rings. The molecule has 5 nitrogen and oxygen atoms in total. The van der Waals surface area contributed by atoms with Crippen molar-refractivity contribution in [2.45, 2.75) is 40.0 Å². The van der Waals surface area contributed by atoms with Gasteiger partial charge in [-0.25, -0.2) is 4.79 Å². The molecule has 0 amide bonds. The van der Waals surface area contributed by atoms with Crippen molar-refractivity contribution in [1.82, 2.24) is 0 Å². The van der Waals surface area contributed by atoms with Gasteiger partial charge >= 0.3 is 5.97 Å². The normalized spacial score (nSPS) is 10.9. The number of rotatable bonds is 7. The first-order valence-electron chi connectivity index (χ1n) is 8.95. The summed E-state index contributed by atoms with van der Waals surface area (Å²) >= 11 is 0. The summed E-state index contributed by atoms with van der Waals surface area (Å²) < 4.78 is 15.5. The number of aromatic hydroxyl groups is 1. The Bertz CT molecular complexity index is 824. The average Bonchev–Trinajstić information content (AvgIpc) is 2.63. The Morgan fingerprint density at radius 2 is 1.85 bits per heavy atom. The van der Waals surface area contributed by atoms with Gasteiger partial charge in [-0.15, -0.1) is 0 Å². The summed E-state index contributed by atoms with van der Waals surface area (Å²) in [5, 5.41) is 10.2. The second-order valence-corrected chi connectivity index (χ2v) is 6.94. The highest BCUT2D eigenvalue weighted by Gasteiger charge is 2.20. The smallest absolute Gasteiger partial charge is 0.341 e. The summed E-state index contributed by atoms with van der Waals surface area (Å²) in [5.74, 6) is 0.527. The highest BCUT2D eigenvalue weighted by molar-refractivity contribution is 5.94. The number of carbonyl (C=O) groups is 1. The molecule has 2 rings (SSSR count). The molecule has 0 aliphatic carbocycles. The predicted molar refractivity (Wildman–Crippen MR) is 105 cm³/mol. The molecule has 0 aliphatic heterocycles. The molecule has 2 aromatic rings. The van der Waals surface area contributed by atoms with Gasteiger partial charge in [0.1, 0.15) is 17.1 Å². The van der Waals surface area contributed by atoms with Gasteiger partial charge in [0.2, 0.25) is 0 Å². The van der Waals surface area contributed by atoms with Crippen LogP contribution in [0.2, 0.25) is 0 Å². The van der Waals surface area contributed by atoms with Crippen molar-refractivity contribution in [3.63, 3.8) is 0 Å². The first kappa shape index (κ1) is 20.8. The molecule has 2 aromatic carbocycles. The predicted octanol–water partition coefficient (Wildman–Crippen LogP) is 4.49. The standard InChI is InChI=1S/C22H28O5/c1-13(2)17-10-16(7-8-20(17)27-12-25-5)11-18-14(3)9-19(23)21(15(18)4)22(24)26-6/h7-10,13,23H,11-12H2,1-6H3. The van der Waals surface area contributed by atoms with Gasteiger partial charge in [0.05, 0.1) is 7.11 Å². The third kappa shape index (κ3) is 4.61. The van der Waals surface area contributed by atoms with Crippen molar-refractivity contribution >= 4 is 5.97 Å². The van der Waals surface area contributed by atoms with Crippen LogP contribution in [0, 0.1) is 13.8 Å². The Balaban J connectivity index is 2.45. The molecule has 1 N–H and O–H groups in total. The highest BCUT2D eigenvalue weighted by Crippen LogP contribution is 2.32. The van der Waals surface area contributed by atoms with Crippen molar-refractivity contribution in [3.8, 4) is 11.5 Å². The average molecular weight is 372 g/mol. The Labute approximate surface area is 160 Å². The molecule has 0 atom stereocenters. The SMILES string of the molecule is COCOc1ccc(Cc2c(C)cc(O)c(C(=O)OC)c2C)cc1C(C)C. The summed E-state index contributed by atoms with van der Waals surface area (Å²) in [4.78, 5) is 12.0. The first-order valence-corrected chi connectivity index (χ1v) is 8.95. The maximum atomic E-state index is 12.0. The zero-order valence-corrected chi connectivity index (χ0v) is 16.9. The largest absolute Gasteiger partial charge is 0.507 e. The molecule has 0 saturated heterocycles. The lowest BCUT2D eigenvalue weighted by atomic mass is 9.90. The number of carbonyl (C=O) groups excluding carboxylic acids is 1. The second kappa shape index (κ2) is 8.91. The summed E-state index contributed by atoms with van der Waals surface area (Å²) in [7, 11) is 2.91. The van der Waals surface area contributed by atoms with Crippen LogP contribution in [0.25, 0.3) is 0 Å². The Hall–Kier alpha value is -2.53. The topological polar surface area (TPSA) is 65.0 Å². The Kier molecular flexibility index (Phi) is 6.86. The molecule has 27 heavy (non-hydrogen) atoms. The lowest BCUT2D eigenvalue weighted by Crippen LogP contribution is -2.09. The van der Waals surface area contributed by atoms with Crippen LogP contribution in [0.15, 0.2) is 24.3 Å². The summed E-state index contributed by atoms with van der Waals surface area (Å²) in [6.45, 7) is 8.21. The third-order valence-corrected chi connectivity index (χ3v) is 4.71. The van der Waals surface area contributed by atoms with E-state index in [1.165, 1.54) is 7.11 Å². The summed E-state index contributed by atoms with van der Waals surface area (Å²) in [6.07, 6.45) is 0.645. The van der Waals surface area contributed by atoms with Gasteiger partial charge in [0.25, 0.3) is 0 Å². The fraction of sp³-hybridized carbons (Fsp3) is 0.409. The van der Waals surface area contributed by atoms with Crippen LogP contribution < -0.4 is 4.74 Å². The molecule has 0 radical (unpaired) electrons. The lowest BCUT2D eigenvalue weighted by Gasteiger charge is -2.18. The lowest BCUT2D eigenvalue weighted by molar-refractivity contribution is 0.0502. The molecule has 0 bridgehead atoms. The van der Waals surface area contributed by atoms with E-state index in [-0.39, 0.29) is 18.1 Å². The molecule has 0 unspecified atom stereocenters. The van der Waals surface area contributed by atoms with Crippen molar-refractivity contribution in [2.75, 3.05) is 21.0 Å². The number of aryl methyl sites for hydroxylation is 1. The quantitative estimate of drug-likeness (QED) is 0.573. The van der Waals surface area contributed by atoms with E-state index in [0.29, 0.717) is 12.3 Å². The zero-order valence-electron chi connectivity index (χ0n) is 16.9. The highest BCUT2D eigenvalue weighted by atomic mass is 16.7. The van der Waals surface area contributed by atoms with E-state index < -0.39 is 5.97 Å². The minimum atomic E-state index is -0.530. The van der Waals surface area contributed by atoms with Crippen molar-refractivity contribution in [3.05, 3.63) is 57.6 Å². The fourth-order valence-corrected chi connectivity index (χ4v) is 3.25. The molecule has 0 heterocycles. The maximum Gasteiger partial charge on any atom is 0.341 e. The Morgan fingerprint density at radius 1 is 1.15 bits per heavy atom. The zero-order chi connectivity index (χ0) is 20.1. The van der Waals surface area contributed by atoms with Crippen LogP contribution in [0.4, 0.5) is 0 Å². The van der Waals surface area contributed by atoms with Gasteiger partial charge in [0, 0.05) is 7.11 Å². The summed E-state index contributed by atoms with van der Waals surface area (Å²) in [5.41, 5.74) is 5.12. The molecule has 146 valence electrons. The first-order chi connectivity index (χ1) is 12.8. The summed E-state index contributed by atoms with van der Waals surface area (Å²) in [6, 6.07) is 7.71. The van der Waals surface area contributed by atoms with Crippen LogP contribution in [0.5, 0.6) is 11.5 Å². The van der Waals surface area contributed by atoms with Crippen LogP contribution in [0.3, 0.4) is 0 Å². The van der Waals surface area contributed by atoms with Gasteiger partial charge in [-0.2, -0.15) is 0 Å². The number of ether oxygens (including phenoxy) is 3.